The minimum absolute atomic E-state index is 0.00557. The lowest BCUT2D eigenvalue weighted by Crippen LogP contribution is -2.42. The first-order valence-corrected chi connectivity index (χ1v) is 9.95. The monoisotopic (exact) mass is 369 g/mol. The van der Waals surface area contributed by atoms with E-state index in [9.17, 15) is 9.59 Å². The van der Waals surface area contributed by atoms with Crippen molar-refractivity contribution >= 4 is 22.8 Å². The van der Waals surface area contributed by atoms with Gasteiger partial charge in [0.25, 0.3) is 0 Å². The molecule has 2 aliphatic heterocycles. The third kappa shape index (κ3) is 4.07. The van der Waals surface area contributed by atoms with Crippen LogP contribution in [0.5, 0.6) is 0 Å². The number of fused-ring (bicyclic) bond motifs is 1. The van der Waals surface area contributed by atoms with E-state index < -0.39 is 0 Å². The van der Waals surface area contributed by atoms with Gasteiger partial charge in [0.15, 0.2) is 0 Å². The van der Waals surface area contributed by atoms with Crippen molar-refractivity contribution in [1.82, 2.24) is 25.3 Å². The lowest BCUT2D eigenvalue weighted by Gasteiger charge is -2.27. The van der Waals surface area contributed by atoms with E-state index in [0.29, 0.717) is 19.0 Å². The summed E-state index contributed by atoms with van der Waals surface area (Å²) in [5.74, 6) is 0.284. The van der Waals surface area contributed by atoms with Crippen LogP contribution in [0.25, 0.3) is 10.9 Å². The average Bonchev–Trinajstić information content (AvgIpc) is 3.23. The number of nitrogens with zero attached hydrogens (tertiary/aromatic N) is 3. The predicted octanol–water partition coefficient (Wildman–Crippen LogP) is 2.29. The van der Waals surface area contributed by atoms with Crippen LogP contribution in [0.4, 0.5) is 4.79 Å². The molecule has 7 heteroatoms. The zero-order valence-electron chi connectivity index (χ0n) is 15.6. The standard InChI is InChI=1S/C20H27N5O2/c26-19-4-2-11-25(19)17-3-1-10-24(12-8-17)20(27)21-9-7-15-5-6-16-14-22-23-18(16)13-15/h5-6,13-14,17H,1-4,7-12H2,(H,21,27)(H,22,23). The fourth-order valence-electron chi connectivity index (χ4n) is 4.21. The van der Waals surface area contributed by atoms with Crippen molar-refractivity contribution < 1.29 is 9.59 Å². The van der Waals surface area contributed by atoms with Gasteiger partial charge in [0.05, 0.1) is 11.7 Å². The first kappa shape index (κ1) is 17.8. The van der Waals surface area contributed by atoms with Gasteiger partial charge in [0.1, 0.15) is 0 Å². The Morgan fingerprint density at radius 2 is 2.15 bits per heavy atom. The van der Waals surface area contributed by atoms with Crippen molar-refractivity contribution in [2.75, 3.05) is 26.2 Å². The zero-order chi connectivity index (χ0) is 18.6. The lowest BCUT2D eigenvalue weighted by atomic mass is 10.1. The highest BCUT2D eigenvalue weighted by molar-refractivity contribution is 5.79. The number of carbonyl (C=O) groups excluding carboxylic acids is 2. The lowest BCUT2D eigenvalue weighted by molar-refractivity contribution is -0.129. The number of aromatic nitrogens is 2. The van der Waals surface area contributed by atoms with Gasteiger partial charge in [-0.15, -0.1) is 0 Å². The van der Waals surface area contributed by atoms with Crippen molar-refractivity contribution in [3.8, 4) is 0 Å². The number of urea groups is 1. The molecule has 2 fully saturated rings. The molecule has 4 rings (SSSR count). The van der Waals surface area contributed by atoms with Crippen LogP contribution >= 0.6 is 0 Å². The maximum absolute atomic E-state index is 12.5. The van der Waals surface area contributed by atoms with Crippen molar-refractivity contribution in [3.63, 3.8) is 0 Å². The summed E-state index contributed by atoms with van der Waals surface area (Å²) >= 11 is 0. The molecular weight excluding hydrogens is 342 g/mol. The number of hydrogen-bond donors (Lipinski definition) is 2. The van der Waals surface area contributed by atoms with E-state index in [1.165, 1.54) is 5.56 Å². The maximum atomic E-state index is 12.5. The molecule has 2 saturated heterocycles. The van der Waals surface area contributed by atoms with Gasteiger partial charge < -0.3 is 15.1 Å². The van der Waals surface area contributed by atoms with E-state index in [0.717, 1.165) is 62.6 Å². The molecule has 2 N–H and O–H groups in total. The van der Waals surface area contributed by atoms with Crippen molar-refractivity contribution in [2.24, 2.45) is 0 Å². The number of aromatic amines is 1. The number of benzene rings is 1. The summed E-state index contributed by atoms with van der Waals surface area (Å²) in [4.78, 5) is 28.4. The highest BCUT2D eigenvalue weighted by Crippen LogP contribution is 2.22. The molecule has 144 valence electrons. The molecule has 27 heavy (non-hydrogen) atoms. The Labute approximate surface area is 159 Å². The van der Waals surface area contributed by atoms with Crippen LogP contribution < -0.4 is 5.32 Å². The number of likely N-dealkylation sites (tertiary alicyclic amines) is 2. The molecule has 0 saturated carbocycles. The Kier molecular flexibility index (Phi) is 5.27. The normalized spacial score (nSPS) is 20.9. The summed E-state index contributed by atoms with van der Waals surface area (Å²) in [6.07, 6.45) is 7.10. The fourth-order valence-corrected chi connectivity index (χ4v) is 4.21. The van der Waals surface area contributed by atoms with Gasteiger partial charge in [-0.05, 0) is 43.7 Å². The highest BCUT2D eigenvalue weighted by Gasteiger charge is 2.30. The second kappa shape index (κ2) is 7.98. The molecule has 1 unspecified atom stereocenters. The Balaban J connectivity index is 1.25. The van der Waals surface area contributed by atoms with E-state index in [-0.39, 0.29) is 11.9 Å². The largest absolute Gasteiger partial charge is 0.340 e. The Hall–Kier alpha value is -2.57. The van der Waals surface area contributed by atoms with Gasteiger partial charge in [-0.2, -0.15) is 5.10 Å². The molecular formula is C20H27N5O2. The fraction of sp³-hybridized carbons (Fsp3) is 0.550. The van der Waals surface area contributed by atoms with E-state index in [1.807, 2.05) is 22.1 Å². The first-order chi connectivity index (χ1) is 13.2. The molecule has 1 aromatic heterocycles. The summed E-state index contributed by atoms with van der Waals surface area (Å²) in [5, 5.41) is 11.1. The molecule has 7 nitrogen and oxygen atoms in total. The average molecular weight is 369 g/mol. The predicted molar refractivity (Wildman–Crippen MR) is 103 cm³/mol. The van der Waals surface area contributed by atoms with Crippen LogP contribution in [0.3, 0.4) is 0 Å². The zero-order valence-corrected chi connectivity index (χ0v) is 15.6. The number of rotatable bonds is 4. The van der Waals surface area contributed by atoms with Crippen LogP contribution in [-0.2, 0) is 11.2 Å². The quantitative estimate of drug-likeness (QED) is 0.868. The molecule has 0 spiro atoms. The van der Waals surface area contributed by atoms with Crippen LogP contribution in [0.2, 0.25) is 0 Å². The number of H-pyrrole nitrogens is 1. The second-order valence-electron chi connectivity index (χ2n) is 7.54. The highest BCUT2D eigenvalue weighted by atomic mass is 16.2. The molecule has 2 aliphatic rings. The Morgan fingerprint density at radius 3 is 3.00 bits per heavy atom. The summed E-state index contributed by atoms with van der Waals surface area (Å²) in [6.45, 7) is 2.99. The third-order valence-electron chi connectivity index (χ3n) is 5.73. The van der Waals surface area contributed by atoms with Gasteiger partial charge in [-0.3, -0.25) is 9.89 Å². The van der Waals surface area contributed by atoms with Crippen LogP contribution in [0.15, 0.2) is 24.4 Å². The molecule has 0 radical (unpaired) electrons. The molecule has 1 aromatic carbocycles. The van der Waals surface area contributed by atoms with Crippen LogP contribution in [0.1, 0.15) is 37.7 Å². The minimum atomic E-state index is 0.00557. The summed E-state index contributed by atoms with van der Waals surface area (Å²) in [5.41, 5.74) is 2.20. The Bertz CT molecular complexity index is 818. The van der Waals surface area contributed by atoms with Gasteiger partial charge >= 0.3 is 6.03 Å². The molecule has 2 aromatic rings. The number of carbonyl (C=O) groups is 2. The summed E-state index contributed by atoms with van der Waals surface area (Å²) < 4.78 is 0. The molecule has 0 aliphatic carbocycles. The van der Waals surface area contributed by atoms with Crippen molar-refractivity contribution in [3.05, 3.63) is 30.0 Å². The maximum Gasteiger partial charge on any atom is 0.317 e. The SMILES string of the molecule is O=C(NCCc1ccc2cn[nH]c2c1)N1CCCC(N2CCCC2=O)CC1. The van der Waals surface area contributed by atoms with E-state index in [2.05, 4.69) is 27.6 Å². The third-order valence-corrected chi connectivity index (χ3v) is 5.73. The molecule has 3 heterocycles. The van der Waals surface area contributed by atoms with Gasteiger partial charge in [-0.25, -0.2) is 4.79 Å². The number of hydrogen-bond acceptors (Lipinski definition) is 3. The molecule has 1 atom stereocenters. The van der Waals surface area contributed by atoms with Crippen molar-refractivity contribution in [1.29, 1.82) is 0 Å². The van der Waals surface area contributed by atoms with Gasteiger partial charge in [0.2, 0.25) is 5.91 Å². The first-order valence-electron chi connectivity index (χ1n) is 9.95. The van der Waals surface area contributed by atoms with Gasteiger partial charge in [0, 0.05) is 44.0 Å². The van der Waals surface area contributed by atoms with Crippen molar-refractivity contribution in [2.45, 2.75) is 44.6 Å². The smallest absolute Gasteiger partial charge is 0.317 e. The van der Waals surface area contributed by atoms with E-state index in [1.54, 1.807) is 0 Å². The minimum Gasteiger partial charge on any atom is -0.340 e. The summed E-state index contributed by atoms with van der Waals surface area (Å²) in [7, 11) is 0. The van der Waals surface area contributed by atoms with Crippen LogP contribution in [0, 0.1) is 0 Å². The number of nitrogens with one attached hydrogen (secondary N) is 2. The topological polar surface area (TPSA) is 81.3 Å². The molecule has 3 amide bonds. The second-order valence-corrected chi connectivity index (χ2v) is 7.54. The van der Waals surface area contributed by atoms with E-state index >= 15 is 0 Å². The van der Waals surface area contributed by atoms with Crippen LogP contribution in [-0.4, -0.2) is 64.2 Å². The Morgan fingerprint density at radius 1 is 1.22 bits per heavy atom. The number of amides is 3. The summed E-state index contributed by atoms with van der Waals surface area (Å²) in [6, 6.07) is 6.51. The van der Waals surface area contributed by atoms with Gasteiger partial charge in [-0.1, -0.05) is 12.1 Å². The molecule has 0 bridgehead atoms. The van der Waals surface area contributed by atoms with E-state index in [4.69, 9.17) is 0 Å².